The molecule has 0 spiro atoms. The third kappa shape index (κ3) is 4.03. The van der Waals surface area contributed by atoms with Gasteiger partial charge in [0.15, 0.2) is 0 Å². The fourth-order valence-corrected chi connectivity index (χ4v) is 1.29. The molecule has 17 heavy (non-hydrogen) atoms. The van der Waals surface area contributed by atoms with Crippen LogP contribution < -0.4 is 5.32 Å². The first-order chi connectivity index (χ1) is 8.04. The molecular formula is C11H11ClFNO3. The molecule has 0 aliphatic carbocycles. The lowest BCUT2D eigenvalue weighted by atomic mass is 10.2. The molecule has 1 amide bonds. The topological polar surface area (TPSA) is 55.4 Å². The summed E-state index contributed by atoms with van der Waals surface area (Å²) in [7, 11) is 0. The van der Waals surface area contributed by atoms with Crippen molar-refractivity contribution >= 4 is 23.5 Å². The molecule has 0 aromatic heterocycles. The lowest BCUT2D eigenvalue weighted by Gasteiger charge is -2.05. The zero-order valence-corrected chi connectivity index (χ0v) is 9.88. The number of halogens is 2. The number of hydrogen-bond donors (Lipinski definition) is 1. The van der Waals surface area contributed by atoms with Gasteiger partial charge in [-0.15, -0.1) is 0 Å². The van der Waals surface area contributed by atoms with Crippen LogP contribution in [-0.2, 0) is 9.53 Å². The summed E-state index contributed by atoms with van der Waals surface area (Å²) in [5, 5.41) is 2.45. The molecule has 0 saturated heterocycles. The Morgan fingerprint density at radius 2 is 2.18 bits per heavy atom. The van der Waals surface area contributed by atoms with Gasteiger partial charge in [0.2, 0.25) is 0 Å². The van der Waals surface area contributed by atoms with E-state index in [-0.39, 0.29) is 23.7 Å². The van der Waals surface area contributed by atoms with Crippen LogP contribution in [0.25, 0.3) is 0 Å². The highest BCUT2D eigenvalue weighted by atomic mass is 35.5. The monoisotopic (exact) mass is 259 g/mol. The average molecular weight is 260 g/mol. The van der Waals surface area contributed by atoms with E-state index in [1.54, 1.807) is 6.92 Å². The molecular weight excluding hydrogens is 249 g/mol. The van der Waals surface area contributed by atoms with Gasteiger partial charge in [-0.05, 0) is 25.1 Å². The Kier molecular flexibility index (Phi) is 4.90. The van der Waals surface area contributed by atoms with Crippen LogP contribution >= 0.6 is 11.6 Å². The minimum Gasteiger partial charge on any atom is -0.465 e. The SMILES string of the molecule is CCOC(=O)CNC(=O)c1ccc(Cl)cc1F. The fraction of sp³-hybridized carbons (Fsp3) is 0.273. The molecule has 1 aromatic rings. The third-order valence-corrected chi connectivity index (χ3v) is 2.11. The van der Waals surface area contributed by atoms with Gasteiger partial charge in [0.05, 0.1) is 12.2 Å². The molecule has 92 valence electrons. The van der Waals surface area contributed by atoms with Gasteiger partial charge in [0.1, 0.15) is 12.4 Å². The van der Waals surface area contributed by atoms with Crippen LogP contribution in [0.3, 0.4) is 0 Å². The fourth-order valence-electron chi connectivity index (χ4n) is 1.13. The molecule has 4 nitrogen and oxygen atoms in total. The number of carbonyl (C=O) groups excluding carboxylic acids is 2. The second kappa shape index (κ2) is 6.20. The Morgan fingerprint density at radius 1 is 1.47 bits per heavy atom. The standard InChI is InChI=1S/C11H11ClFNO3/c1-2-17-10(15)6-14-11(16)8-4-3-7(12)5-9(8)13/h3-5H,2,6H2,1H3,(H,14,16). The quantitative estimate of drug-likeness (QED) is 0.839. The molecule has 0 heterocycles. The number of esters is 1. The molecule has 0 unspecified atom stereocenters. The molecule has 1 rings (SSSR count). The van der Waals surface area contributed by atoms with Crippen LogP contribution in [0.5, 0.6) is 0 Å². The number of rotatable bonds is 4. The summed E-state index contributed by atoms with van der Waals surface area (Å²) >= 11 is 5.54. The van der Waals surface area contributed by atoms with Crippen molar-refractivity contribution in [3.8, 4) is 0 Å². The van der Waals surface area contributed by atoms with E-state index >= 15 is 0 Å². The maximum Gasteiger partial charge on any atom is 0.325 e. The van der Waals surface area contributed by atoms with Gasteiger partial charge in [0, 0.05) is 5.02 Å². The first-order valence-corrected chi connectivity index (χ1v) is 5.31. The van der Waals surface area contributed by atoms with Gasteiger partial charge in [-0.2, -0.15) is 0 Å². The van der Waals surface area contributed by atoms with Crippen LogP contribution in [0, 0.1) is 5.82 Å². The molecule has 0 saturated carbocycles. The molecule has 0 aliphatic rings. The smallest absolute Gasteiger partial charge is 0.325 e. The average Bonchev–Trinajstić information content (AvgIpc) is 2.26. The minimum atomic E-state index is -0.737. The summed E-state index contributed by atoms with van der Waals surface area (Å²) in [5.74, 6) is -2.00. The third-order valence-electron chi connectivity index (χ3n) is 1.87. The molecule has 1 N–H and O–H groups in total. The summed E-state index contributed by atoms with van der Waals surface area (Å²) in [6, 6.07) is 3.67. The minimum absolute atomic E-state index is 0.168. The summed E-state index contributed by atoms with van der Waals surface area (Å²) in [4.78, 5) is 22.4. The predicted molar refractivity (Wildman–Crippen MR) is 60.4 cm³/mol. The van der Waals surface area contributed by atoms with Gasteiger partial charge < -0.3 is 10.1 Å². The van der Waals surface area contributed by atoms with Gasteiger partial charge in [0.25, 0.3) is 5.91 Å². The highest BCUT2D eigenvalue weighted by Gasteiger charge is 2.13. The van der Waals surface area contributed by atoms with E-state index in [0.29, 0.717) is 0 Å². The van der Waals surface area contributed by atoms with Crippen molar-refractivity contribution in [3.05, 3.63) is 34.6 Å². The maximum atomic E-state index is 13.3. The van der Waals surface area contributed by atoms with Gasteiger partial charge >= 0.3 is 5.97 Å². The summed E-state index contributed by atoms with van der Waals surface area (Å²) in [6.07, 6.45) is 0. The Morgan fingerprint density at radius 3 is 2.76 bits per heavy atom. The van der Waals surface area contributed by atoms with E-state index in [0.717, 1.165) is 6.07 Å². The molecule has 6 heteroatoms. The predicted octanol–water partition coefficient (Wildman–Crippen LogP) is 1.77. The summed E-state index contributed by atoms with van der Waals surface area (Å²) in [6.45, 7) is 1.58. The van der Waals surface area contributed by atoms with E-state index in [2.05, 4.69) is 10.1 Å². The highest BCUT2D eigenvalue weighted by Crippen LogP contribution is 2.14. The zero-order chi connectivity index (χ0) is 12.8. The summed E-state index contributed by atoms with van der Waals surface area (Å²) < 4.78 is 17.9. The van der Waals surface area contributed by atoms with Gasteiger partial charge in [-0.1, -0.05) is 11.6 Å². The van der Waals surface area contributed by atoms with Crippen molar-refractivity contribution in [2.24, 2.45) is 0 Å². The van der Waals surface area contributed by atoms with Crippen LogP contribution in [0.15, 0.2) is 18.2 Å². The van der Waals surface area contributed by atoms with Crippen molar-refractivity contribution in [2.75, 3.05) is 13.2 Å². The van der Waals surface area contributed by atoms with Crippen molar-refractivity contribution < 1.29 is 18.7 Å². The first-order valence-electron chi connectivity index (χ1n) is 4.93. The van der Waals surface area contributed by atoms with E-state index in [4.69, 9.17) is 11.6 Å². The Labute approximate surface area is 103 Å². The zero-order valence-electron chi connectivity index (χ0n) is 9.13. The Hall–Kier alpha value is -1.62. The molecule has 0 radical (unpaired) electrons. The maximum absolute atomic E-state index is 13.3. The van der Waals surface area contributed by atoms with Crippen molar-refractivity contribution in [3.63, 3.8) is 0 Å². The van der Waals surface area contributed by atoms with Gasteiger partial charge in [-0.3, -0.25) is 9.59 Å². The Balaban J connectivity index is 2.61. The summed E-state index contributed by atoms with van der Waals surface area (Å²) in [5.41, 5.74) is -0.168. The lowest BCUT2D eigenvalue weighted by molar-refractivity contribution is -0.141. The van der Waals surface area contributed by atoms with Crippen LogP contribution in [-0.4, -0.2) is 25.0 Å². The second-order valence-corrected chi connectivity index (χ2v) is 3.55. The van der Waals surface area contributed by atoms with E-state index < -0.39 is 17.7 Å². The molecule has 1 aromatic carbocycles. The number of carbonyl (C=O) groups is 2. The number of nitrogens with one attached hydrogen (secondary N) is 1. The number of benzene rings is 1. The van der Waals surface area contributed by atoms with Crippen LogP contribution in [0.4, 0.5) is 4.39 Å². The van der Waals surface area contributed by atoms with E-state index in [1.165, 1.54) is 12.1 Å². The molecule has 0 bridgehead atoms. The van der Waals surface area contributed by atoms with E-state index in [9.17, 15) is 14.0 Å². The lowest BCUT2D eigenvalue weighted by Crippen LogP contribution is -2.31. The second-order valence-electron chi connectivity index (χ2n) is 3.11. The van der Waals surface area contributed by atoms with Crippen molar-refractivity contribution in [2.45, 2.75) is 6.92 Å². The van der Waals surface area contributed by atoms with Crippen molar-refractivity contribution in [1.82, 2.24) is 5.32 Å². The van der Waals surface area contributed by atoms with Gasteiger partial charge in [-0.25, -0.2) is 4.39 Å². The first kappa shape index (κ1) is 13.4. The Bertz CT molecular complexity index is 437. The largest absolute Gasteiger partial charge is 0.465 e. The highest BCUT2D eigenvalue weighted by molar-refractivity contribution is 6.30. The number of hydrogen-bond acceptors (Lipinski definition) is 3. The number of amides is 1. The molecule has 0 aliphatic heterocycles. The van der Waals surface area contributed by atoms with E-state index in [1.807, 2.05) is 0 Å². The van der Waals surface area contributed by atoms with Crippen LogP contribution in [0.1, 0.15) is 17.3 Å². The normalized spacial score (nSPS) is 9.82. The molecule has 0 atom stereocenters. The van der Waals surface area contributed by atoms with Crippen LogP contribution in [0.2, 0.25) is 5.02 Å². The number of ether oxygens (including phenoxy) is 1. The van der Waals surface area contributed by atoms with Crippen molar-refractivity contribution in [1.29, 1.82) is 0 Å². The molecule has 0 fully saturated rings.